The molecule has 2 fully saturated rings. The van der Waals surface area contributed by atoms with Gasteiger partial charge in [0.2, 0.25) is 0 Å². The van der Waals surface area contributed by atoms with Gasteiger partial charge in [-0.1, -0.05) is 54.1 Å². The van der Waals surface area contributed by atoms with Gasteiger partial charge in [0.05, 0.1) is 17.5 Å². The van der Waals surface area contributed by atoms with Crippen molar-refractivity contribution in [3.63, 3.8) is 0 Å². The van der Waals surface area contributed by atoms with E-state index in [0.29, 0.717) is 5.92 Å². The molecule has 7 heteroatoms. The van der Waals surface area contributed by atoms with Crippen LogP contribution in [0.25, 0.3) is 5.70 Å². The van der Waals surface area contributed by atoms with Crippen molar-refractivity contribution in [1.29, 1.82) is 0 Å². The van der Waals surface area contributed by atoms with Crippen LogP contribution in [-0.4, -0.2) is 51.7 Å². The fraction of sp³-hybridized carbons (Fsp3) is 0.375. The number of piperidine rings is 1. The SMILES string of the molecule is O=C(c1cnn(C2=CC=C(Cl)CC2)c1C1CCN(Cc2ccc(F)cc2)CC1)N1CCC(c2ccccc2)C1. The summed E-state index contributed by atoms with van der Waals surface area (Å²) >= 11 is 6.25. The van der Waals surface area contributed by atoms with E-state index in [9.17, 15) is 9.18 Å². The highest BCUT2D eigenvalue weighted by Gasteiger charge is 2.34. The van der Waals surface area contributed by atoms with Gasteiger partial charge in [0, 0.05) is 42.2 Å². The first-order valence-corrected chi connectivity index (χ1v) is 14.4. The van der Waals surface area contributed by atoms with E-state index in [1.54, 1.807) is 6.20 Å². The molecule has 2 saturated heterocycles. The van der Waals surface area contributed by atoms with E-state index in [-0.39, 0.29) is 17.6 Å². The Kier molecular flexibility index (Phi) is 7.67. The number of carbonyl (C=O) groups excluding carboxylic acids is 1. The van der Waals surface area contributed by atoms with Crippen LogP contribution in [0.15, 0.2) is 78.0 Å². The number of hydrogen-bond acceptors (Lipinski definition) is 3. The molecule has 0 saturated carbocycles. The predicted molar refractivity (Wildman–Crippen MR) is 153 cm³/mol. The van der Waals surface area contributed by atoms with Crippen LogP contribution in [0.2, 0.25) is 0 Å². The van der Waals surface area contributed by atoms with E-state index < -0.39 is 0 Å². The van der Waals surface area contributed by atoms with Gasteiger partial charge in [0.1, 0.15) is 5.82 Å². The maximum atomic E-state index is 13.9. The van der Waals surface area contributed by atoms with Crippen molar-refractivity contribution < 1.29 is 9.18 Å². The van der Waals surface area contributed by atoms with Gasteiger partial charge in [-0.15, -0.1) is 0 Å². The monoisotopic (exact) mass is 544 g/mol. The first kappa shape index (κ1) is 26.0. The molecule has 1 atom stereocenters. The minimum atomic E-state index is -0.204. The first-order chi connectivity index (χ1) is 19.0. The molecule has 0 bridgehead atoms. The summed E-state index contributed by atoms with van der Waals surface area (Å²) in [5.41, 5.74) is 5.29. The van der Waals surface area contributed by atoms with Gasteiger partial charge in [0.15, 0.2) is 0 Å². The van der Waals surface area contributed by atoms with Crippen molar-refractivity contribution in [2.75, 3.05) is 26.2 Å². The Hall–Kier alpha value is -3.22. The molecule has 3 aliphatic rings. The standard InChI is InChI=1S/C32H34ClFN4O/c33-27-8-12-29(13-9-27)38-31(25-14-17-36(18-15-25)21-23-6-10-28(34)11-7-23)30(20-35-38)32(39)37-19-16-26(22-37)24-4-2-1-3-5-24/h1-8,10-12,20,25-26H,9,13-19,21-22H2. The van der Waals surface area contributed by atoms with Crippen LogP contribution in [0.5, 0.6) is 0 Å². The molecule has 0 radical (unpaired) electrons. The third-order valence-corrected chi connectivity index (χ3v) is 8.74. The number of benzene rings is 2. The molecule has 39 heavy (non-hydrogen) atoms. The molecule has 0 N–H and O–H groups in total. The summed E-state index contributed by atoms with van der Waals surface area (Å²) in [4.78, 5) is 18.4. The number of nitrogens with zero attached hydrogens (tertiary/aromatic N) is 4. The quantitative estimate of drug-likeness (QED) is 0.343. The highest BCUT2D eigenvalue weighted by Crippen LogP contribution is 2.36. The second-order valence-electron chi connectivity index (χ2n) is 11.0. The van der Waals surface area contributed by atoms with Gasteiger partial charge >= 0.3 is 0 Å². The Morgan fingerprint density at radius 1 is 0.923 bits per heavy atom. The van der Waals surface area contributed by atoms with E-state index in [2.05, 4.69) is 29.2 Å². The summed E-state index contributed by atoms with van der Waals surface area (Å²) in [6.45, 7) is 4.16. The maximum absolute atomic E-state index is 13.9. The van der Waals surface area contributed by atoms with Crippen LogP contribution >= 0.6 is 11.6 Å². The Morgan fingerprint density at radius 3 is 2.38 bits per heavy atom. The van der Waals surface area contributed by atoms with Gasteiger partial charge in [-0.05, 0) is 80.6 Å². The second-order valence-corrected chi connectivity index (χ2v) is 11.4. The van der Waals surface area contributed by atoms with E-state index in [1.165, 1.54) is 17.7 Å². The molecule has 2 aromatic carbocycles. The fourth-order valence-electron chi connectivity index (χ4n) is 6.25. The van der Waals surface area contributed by atoms with Crippen molar-refractivity contribution >= 4 is 23.2 Å². The molecule has 0 spiro atoms. The van der Waals surface area contributed by atoms with Gasteiger partial charge in [-0.3, -0.25) is 9.69 Å². The highest BCUT2D eigenvalue weighted by molar-refractivity contribution is 6.29. The van der Waals surface area contributed by atoms with Gasteiger partial charge in [-0.25, -0.2) is 9.07 Å². The molecule has 1 aliphatic carbocycles. The van der Waals surface area contributed by atoms with E-state index in [4.69, 9.17) is 16.7 Å². The first-order valence-electron chi connectivity index (χ1n) is 14.0. The molecule has 6 rings (SSSR count). The summed E-state index contributed by atoms with van der Waals surface area (Å²) in [5, 5.41) is 5.63. The summed E-state index contributed by atoms with van der Waals surface area (Å²) in [5.74, 6) is 0.500. The third-order valence-electron chi connectivity index (χ3n) is 8.43. The molecular formula is C32H34ClFN4O. The zero-order valence-electron chi connectivity index (χ0n) is 22.1. The number of hydrogen-bond donors (Lipinski definition) is 0. The zero-order valence-corrected chi connectivity index (χ0v) is 22.9. The lowest BCUT2D eigenvalue weighted by Gasteiger charge is -2.33. The third kappa shape index (κ3) is 5.73. The molecule has 202 valence electrons. The molecule has 5 nitrogen and oxygen atoms in total. The number of rotatable bonds is 6. The van der Waals surface area contributed by atoms with Crippen LogP contribution < -0.4 is 0 Å². The lowest BCUT2D eigenvalue weighted by Crippen LogP contribution is -2.34. The Bertz CT molecular complexity index is 1370. The summed E-state index contributed by atoms with van der Waals surface area (Å²) in [7, 11) is 0. The Labute approximate surface area is 234 Å². The lowest BCUT2D eigenvalue weighted by atomic mass is 9.90. The van der Waals surface area contributed by atoms with Crippen LogP contribution in [0, 0.1) is 5.82 Å². The molecule has 1 amide bonds. The van der Waals surface area contributed by atoms with Gasteiger partial charge in [-0.2, -0.15) is 5.10 Å². The summed E-state index contributed by atoms with van der Waals surface area (Å²) in [6, 6.07) is 17.3. The Balaban J connectivity index is 1.22. The van der Waals surface area contributed by atoms with Gasteiger partial charge in [0.25, 0.3) is 5.91 Å². The second kappa shape index (κ2) is 11.5. The topological polar surface area (TPSA) is 41.4 Å². The average Bonchev–Trinajstić information content (AvgIpc) is 3.64. The van der Waals surface area contributed by atoms with Crippen LogP contribution in [0.3, 0.4) is 0 Å². The molecular weight excluding hydrogens is 511 g/mol. The van der Waals surface area contributed by atoms with E-state index in [1.807, 2.05) is 39.9 Å². The number of allylic oxidation sites excluding steroid dienone is 4. The zero-order chi connectivity index (χ0) is 26.8. The number of aromatic nitrogens is 2. The molecule has 3 aromatic rings. The van der Waals surface area contributed by atoms with Crippen molar-refractivity contribution in [2.24, 2.45) is 0 Å². The molecule has 1 unspecified atom stereocenters. The fourth-order valence-corrected chi connectivity index (χ4v) is 6.40. The molecule has 2 aliphatic heterocycles. The van der Waals surface area contributed by atoms with E-state index in [0.717, 1.165) is 92.4 Å². The smallest absolute Gasteiger partial charge is 0.257 e. The van der Waals surface area contributed by atoms with Crippen LogP contribution in [0.1, 0.15) is 71.1 Å². The van der Waals surface area contributed by atoms with Crippen molar-refractivity contribution in [3.8, 4) is 0 Å². The minimum absolute atomic E-state index is 0.0911. The summed E-state index contributed by atoms with van der Waals surface area (Å²) in [6.07, 6.45) is 10.3. The van der Waals surface area contributed by atoms with Crippen LogP contribution in [-0.2, 0) is 6.54 Å². The minimum Gasteiger partial charge on any atom is -0.338 e. The van der Waals surface area contributed by atoms with E-state index >= 15 is 0 Å². The number of amides is 1. The maximum Gasteiger partial charge on any atom is 0.257 e. The molecule has 3 heterocycles. The van der Waals surface area contributed by atoms with Crippen LogP contribution in [0.4, 0.5) is 4.39 Å². The largest absolute Gasteiger partial charge is 0.338 e. The lowest BCUT2D eigenvalue weighted by molar-refractivity contribution is 0.0788. The van der Waals surface area contributed by atoms with Crippen molar-refractivity contribution in [3.05, 3.63) is 106 Å². The average molecular weight is 545 g/mol. The Morgan fingerprint density at radius 2 is 1.67 bits per heavy atom. The van der Waals surface area contributed by atoms with Crippen molar-refractivity contribution in [1.82, 2.24) is 19.6 Å². The number of likely N-dealkylation sites (tertiary alicyclic amines) is 2. The predicted octanol–water partition coefficient (Wildman–Crippen LogP) is 6.79. The normalized spacial score (nSPS) is 20.7. The van der Waals surface area contributed by atoms with Crippen molar-refractivity contribution in [2.45, 2.75) is 50.5 Å². The van der Waals surface area contributed by atoms with Gasteiger partial charge < -0.3 is 4.90 Å². The molecule has 1 aromatic heterocycles. The number of halogens is 2. The highest BCUT2D eigenvalue weighted by atomic mass is 35.5. The number of carbonyl (C=O) groups is 1. The summed E-state index contributed by atoms with van der Waals surface area (Å²) < 4.78 is 15.4.